The van der Waals surface area contributed by atoms with E-state index in [4.69, 9.17) is 28.9 Å². The maximum atomic E-state index is 12.1. The number of amides is 1. The molecule has 1 unspecified atom stereocenters. The molecule has 0 radical (unpaired) electrons. The number of nitrogens with one attached hydrogen (secondary N) is 1. The van der Waals surface area contributed by atoms with Crippen molar-refractivity contribution in [1.29, 1.82) is 0 Å². The first-order valence-electron chi connectivity index (χ1n) is 5.79. The number of anilines is 1. The van der Waals surface area contributed by atoms with Crippen LogP contribution < -0.4 is 15.8 Å². The Hall–Kier alpha value is -1.11. The van der Waals surface area contributed by atoms with Crippen LogP contribution >= 0.6 is 23.2 Å². The van der Waals surface area contributed by atoms with Crippen molar-refractivity contribution in [3.05, 3.63) is 22.2 Å². The van der Waals surface area contributed by atoms with Crippen LogP contribution in [0.15, 0.2) is 12.1 Å². The Labute approximate surface area is 125 Å². The van der Waals surface area contributed by atoms with Gasteiger partial charge in [0.2, 0.25) is 5.91 Å². The summed E-state index contributed by atoms with van der Waals surface area (Å²) >= 11 is 11.6. The summed E-state index contributed by atoms with van der Waals surface area (Å²) in [5.41, 5.74) is 5.84. The minimum atomic E-state index is -3.03. The lowest BCUT2D eigenvalue weighted by molar-refractivity contribution is -0.116. The Balaban J connectivity index is 2.76. The van der Waals surface area contributed by atoms with Crippen LogP contribution in [-0.2, 0) is 4.79 Å². The third-order valence-corrected chi connectivity index (χ3v) is 2.88. The summed E-state index contributed by atoms with van der Waals surface area (Å²) in [6.07, 6.45) is 0.766. The van der Waals surface area contributed by atoms with Crippen LogP contribution in [0, 0.1) is 0 Å². The fourth-order valence-corrected chi connectivity index (χ4v) is 1.99. The van der Waals surface area contributed by atoms with Gasteiger partial charge < -0.3 is 15.8 Å². The second-order valence-corrected chi connectivity index (χ2v) is 5.03. The summed E-state index contributed by atoms with van der Waals surface area (Å²) in [6, 6.07) is 2.49. The predicted octanol–water partition coefficient (Wildman–Crippen LogP) is 3.66. The monoisotopic (exact) mass is 326 g/mol. The largest absolute Gasteiger partial charge is 0.432 e. The minimum absolute atomic E-state index is 0.0882. The maximum absolute atomic E-state index is 12.1. The molecule has 1 aromatic rings. The first-order chi connectivity index (χ1) is 9.29. The van der Waals surface area contributed by atoms with Crippen LogP contribution in [0.4, 0.5) is 14.5 Å². The van der Waals surface area contributed by atoms with Gasteiger partial charge in [-0.25, -0.2) is 0 Å². The van der Waals surface area contributed by atoms with E-state index in [-0.39, 0.29) is 34.2 Å². The Morgan fingerprint density at radius 2 is 1.95 bits per heavy atom. The molecule has 1 amide bonds. The Kier molecular flexibility index (Phi) is 6.45. The molecule has 0 bridgehead atoms. The molecule has 1 atom stereocenters. The van der Waals surface area contributed by atoms with Crippen molar-refractivity contribution in [2.24, 2.45) is 5.73 Å². The van der Waals surface area contributed by atoms with Gasteiger partial charge in [-0.15, -0.1) is 0 Å². The summed E-state index contributed by atoms with van der Waals surface area (Å²) in [6.45, 7) is -1.24. The molecule has 112 valence electrons. The number of benzene rings is 1. The molecule has 0 heterocycles. The number of halogens is 4. The standard InChI is InChI=1S/C12H14Cl2F2N2O2/c1-6(17)2-3-10(19)18-7-4-8(13)11(9(14)5-7)20-12(15)16/h4-6,12H,2-3,17H2,1H3,(H,18,19). The molecular weight excluding hydrogens is 313 g/mol. The van der Waals surface area contributed by atoms with Gasteiger partial charge in [0, 0.05) is 18.2 Å². The molecule has 0 spiro atoms. The lowest BCUT2D eigenvalue weighted by Gasteiger charge is -2.12. The SMILES string of the molecule is CC(N)CCC(=O)Nc1cc(Cl)c(OC(F)F)c(Cl)c1. The van der Waals surface area contributed by atoms with Crippen molar-refractivity contribution in [3.8, 4) is 5.75 Å². The number of rotatable bonds is 6. The van der Waals surface area contributed by atoms with Crippen LogP contribution in [0.1, 0.15) is 19.8 Å². The normalized spacial score (nSPS) is 12.3. The van der Waals surface area contributed by atoms with Crippen molar-refractivity contribution >= 4 is 34.8 Å². The molecule has 0 saturated carbocycles. The molecule has 4 nitrogen and oxygen atoms in total. The van der Waals surface area contributed by atoms with E-state index < -0.39 is 6.61 Å². The van der Waals surface area contributed by atoms with E-state index >= 15 is 0 Å². The van der Waals surface area contributed by atoms with Crippen LogP contribution in [0.5, 0.6) is 5.75 Å². The number of ether oxygens (including phenoxy) is 1. The highest BCUT2D eigenvalue weighted by Gasteiger charge is 2.15. The average molecular weight is 327 g/mol. The highest BCUT2D eigenvalue weighted by Crippen LogP contribution is 2.36. The number of carbonyl (C=O) groups excluding carboxylic acids is 1. The highest BCUT2D eigenvalue weighted by molar-refractivity contribution is 6.37. The highest BCUT2D eigenvalue weighted by atomic mass is 35.5. The average Bonchev–Trinajstić information content (AvgIpc) is 2.31. The van der Waals surface area contributed by atoms with Crippen molar-refractivity contribution < 1.29 is 18.3 Å². The number of alkyl halides is 2. The van der Waals surface area contributed by atoms with Gasteiger partial charge in [0.15, 0.2) is 5.75 Å². The smallest absolute Gasteiger partial charge is 0.387 e. The van der Waals surface area contributed by atoms with E-state index in [1.54, 1.807) is 6.92 Å². The van der Waals surface area contributed by atoms with E-state index in [1.807, 2.05) is 0 Å². The van der Waals surface area contributed by atoms with E-state index in [0.717, 1.165) is 0 Å². The number of hydrogen-bond acceptors (Lipinski definition) is 3. The quantitative estimate of drug-likeness (QED) is 0.838. The van der Waals surface area contributed by atoms with E-state index in [2.05, 4.69) is 10.1 Å². The third-order valence-electron chi connectivity index (χ3n) is 2.32. The predicted molar refractivity (Wildman–Crippen MR) is 74.6 cm³/mol. The van der Waals surface area contributed by atoms with Gasteiger partial charge in [-0.3, -0.25) is 4.79 Å². The molecule has 20 heavy (non-hydrogen) atoms. The van der Waals surface area contributed by atoms with Crippen molar-refractivity contribution in [3.63, 3.8) is 0 Å². The van der Waals surface area contributed by atoms with Gasteiger partial charge in [0.05, 0.1) is 10.0 Å². The molecule has 0 aliphatic heterocycles. The van der Waals surface area contributed by atoms with Crippen molar-refractivity contribution in [2.75, 3.05) is 5.32 Å². The molecule has 1 aromatic carbocycles. The summed E-state index contributed by atoms with van der Waals surface area (Å²) in [5, 5.41) is 2.33. The lowest BCUT2D eigenvalue weighted by atomic mass is 10.2. The summed E-state index contributed by atoms with van der Waals surface area (Å²) in [7, 11) is 0. The fraction of sp³-hybridized carbons (Fsp3) is 0.417. The van der Waals surface area contributed by atoms with Gasteiger partial charge in [-0.1, -0.05) is 23.2 Å². The zero-order valence-corrected chi connectivity index (χ0v) is 12.1. The van der Waals surface area contributed by atoms with Crippen LogP contribution in [0.25, 0.3) is 0 Å². The number of hydrogen-bond donors (Lipinski definition) is 2. The summed E-state index contributed by atoms with van der Waals surface area (Å²) in [5.74, 6) is -0.589. The van der Waals surface area contributed by atoms with Gasteiger partial charge in [-0.05, 0) is 25.5 Å². The zero-order valence-electron chi connectivity index (χ0n) is 10.6. The molecular formula is C12H14Cl2F2N2O2. The van der Waals surface area contributed by atoms with Crippen LogP contribution in [-0.4, -0.2) is 18.6 Å². The van der Waals surface area contributed by atoms with Crippen molar-refractivity contribution in [1.82, 2.24) is 0 Å². The van der Waals surface area contributed by atoms with E-state index in [1.165, 1.54) is 12.1 Å². The van der Waals surface area contributed by atoms with Gasteiger partial charge >= 0.3 is 6.61 Å². The Morgan fingerprint density at radius 3 is 2.40 bits per heavy atom. The number of carbonyl (C=O) groups is 1. The first kappa shape index (κ1) is 16.9. The van der Waals surface area contributed by atoms with Crippen LogP contribution in [0.2, 0.25) is 10.0 Å². The maximum Gasteiger partial charge on any atom is 0.387 e. The second-order valence-electron chi connectivity index (χ2n) is 4.21. The lowest BCUT2D eigenvalue weighted by Crippen LogP contribution is -2.19. The van der Waals surface area contributed by atoms with Crippen LogP contribution in [0.3, 0.4) is 0 Å². The molecule has 0 fully saturated rings. The summed E-state index contributed by atoms with van der Waals surface area (Å²) < 4.78 is 28.5. The molecule has 1 rings (SSSR count). The Bertz CT molecular complexity index is 462. The van der Waals surface area contributed by atoms with Gasteiger partial charge in [0.25, 0.3) is 0 Å². The van der Waals surface area contributed by atoms with Crippen molar-refractivity contribution in [2.45, 2.75) is 32.4 Å². The first-order valence-corrected chi connectivity index (χ1v) is 6.54. The van der Waals surface area contributed by atoms with Gasteiger partial charge in [-0.2, -0.15) is 8.78 Å². The van der Waals surface area contributed by atoms with E-state index in [9.17, 15) is 13.6 Å². The molecule has 0 aliphatic rings. The summed E-state index contributed by atoms with van der Waals surface area (Å²) in [4.78, 5) is 11.6. The second kappa shape index (κ2) is 7.61. The Morgan fingerprint density at radius 1 is 1.40 bits per heavy atom. The van der Waals surface area contributed by atoms with Gasteiger partial charge in [0.1, 0.15) is 0 Å². The number of nitrogens with two attached hydrogens (primary N) is 1. The molecule has 0 saturated heterocycles. The fourth-order valence-electron chi connectivity index (χ4n) is 1.42. The molecule has 8 heteroatoms. The molecule has 3 N–H and O–H groups in total. The molecule has 0 aliphatic carbocycles. The minimum Gasteiger partial charge on any atom is -0.432 e. The third kappa shape index (κ3) is 5.48. The molecule has 0 aromatic heterocycles. The topological polar surface area (TPSA) is 64.4 Å². The zero-order chi connectivity index (χ0) is 15.3. The van der Waals surface area contributed by atoms with E-state index in [0.29, 0.717) is 12.1 Å².